The highest BCUT2D eigenvalue weighted by Crippen LogP contribution is 2.38. The van der Waals surface area contributed by atoms with Crippen LogP contribution in [0.1, 0.15) is 69.3 Å². The maximum atomic E-state index is 11.7. The molecule has 3 rings (SSSR count). The predicted molar refractivity (Wildman–Crippen MR) is 121 cm³/mol. The van der Waals surface area contributed by atoms with Crippen molar-refractivity contribution >= 4 is 11.9 Å². The van der Waals surface area contributed by atoms with Crippen LogP contribution in [0.4, 0.5) is 0 Å². The van der Waals surface area contributed by atoms with Crippen molar-refractivity contribution in [2.24, 2.45) is 11.3 Å². The minimum atomic E-state index is -0.521. The highest BCUT2D eigenvalue weighted by Gasteiger charge is 2.30. The third kappa shape index (κ3) is 8.44. The van der Waals surface area contributed by atoms with E-state index in [1.165, 1.54) is 31.9 Å². The van der Waals surface area contributed by atoms with Crippen molar-refractivity contribution in [1.29, 1.82) is 0 Å². The molecule has 1 saturated carbocycles. The van der Waals surface area contributed by atoms with Crippen LogP contribution in [-0.4, -0.2) is 23.1 Å². The molecule has 0 atom stereocenters. The van der Waals surface area contributed by atoms with Gasteiger partial charge in [-0.05, 0) is 54.7 Å². The van der Waals surface area contributed by atoms with E-state index in [0.29, 0.717) is 5.41 Å². The number of rotatable bonds is 4. The van der Waals surface area contributed by atoms with Crippen LogP contribution in [0.25, 0.3) is 0 Å². The number of hydrogen-bond donors (Lipinski definition) is 1. The minimum Gasteiger partial charge on any atom is -0.507 e. The summed E-state index contributed by atoms with van der Waals surface area (Å²) in [6.07, 6.45) is 4.66. The Kier molecular flexibility index (Phi) is 9.10. The number of hydrogen-bond acceptors (Lipinski definition) is 5. The molecule has 5 heteroatoms. The van der Waals surface area contributed by atoms with Gasteiger partial charge in [0.2, 0.25) is 0 Å². The molecule has 1 aliphatic carbocycles. The van der Waals surface area contributed by atoms with Crippen molar-refractivity contribution in [2.45, 2.75) is 66.1 Å². The van der Waals surface area contributed by atoms with Crippen molar-refractivity contribution in [3.05, 3.63) is 65.7 Å². The number of esters is 2. The maximum absolute atomic E-state index is 11.7. The maximum Gasteiger partial charge on any atom is 0.342 e. The second kappa shape index (κ2) is 11.5. The Hall–Kier alpha value is -2.82. The Bertz CT molecular complexity index is 830. The van der Waals surface area contributed by atoms with E-state index in [-0.39, 0.29) is 30.0 Å². The van der Waals surface area contributed by atoms with Crippen molar-refractivity contribution < 1.29 is 24.2 Å². The van der Waals surface area contributed by atoms with E-state index in [4.69, 9.17) is 9.47 Å². The standard InChI is InChI=1S/C14H12O3.C12H22O2/c15-13-9-5-4-8-12(13)14(16)17-10-11-6-2-1-3-7-11;1-9(13)14-11-7-5-10(6-8-11)12(2,3)4/h1-9,15H,10H2;10-11H,5-8H2,1-4H3. The zero-order chi connectivity index (χ0) is 22.9. The zero-order valence-electron chi connectivity index (χ0n) is 19.0. The van der Waals surface area contributed by atoms with Gasteiger partial charge >= 0.3 is 11.9 Å². The van der Waals surface area contributed by atoms with Gasteiger partial charge in [0.05, 0.1) is 0 Å². The lowest BCUT2D eigenvalue weighted by molar-refractivity contribution is -0.148. The van der Waals surface area contributed by atoms with Gasteiger partial charge in [-0.1, -0.05) is 63.2 Å². The lowest BCUT2D eigenvalue weighted by atomic mass is 9.72. The highest BCUT2D eigenvalue weighted by molar-refractivity contribution is 5.92. The summed E-state index contributed by atoms with van der Waals surface area (Å²) in [5.41, 5.74) is 1.50. The van der Waals surface area contributed by atoms with Gasteiger partial charge < -0.3 is 14.6 Å². The first kappa shape index (κ1) is 24.4. The summed E-state index contributed by atoms with van der Waals surface area (Å²) in [6, 6.07) is 15.7. The van der Waals surface area contributed by atoms with Crippen molar-refractivity contribution in [1.82, 2.24) is 0 Å². The topological polar surface area (TPSA) is 72.8 Å². The van der Waals surface area contributed by atoms with Crippen LogP contribution < -0.4 is 0 Å². The minimum absolute atomic E-state index is 0.0643. The smallest absolute Gasteiger partial charge is 0.342 e. The molecule has 0 heterocycles. The van der Waals surface area contributed by atoms with Gasteiger partial charge in [0, 0.05) is 6.92 Å². The molecule has 0 amide bonds. The molecule has 31 heavy (non-hydrogen) atoms. The van der Waals surface area contributed by atoms with Crippen LogP contribution in [0.3, 0.4) is 0 Å². The average molecular weight is 427 g/mol. The van der Waals surface area contributed by atoms with Crippen LogP contribution in [0, 0.1) is 11.3 Å². The Balaban J connectivity index is 0.000000225. The molecule has 0 aromatic heterocycles. The Labute approximate surface area is 185 Å². The normalized spacial score (nSPS) is 18.3. The molecule has 0 bridgehead atoms. The Morgan fingerprint density at radius 2 is 1.52 bits per heavy atom. The van der Waals surface area contributed by atoms with Crippen molar-refractivity contribution in [2.75, 3.05) is 0 Å². The molecule has 2 aromatic rings. The van der Waals surface area contributed by atoms with Gasteiger partial charge in [-0.2, -0.15) is 0 Å². The first-order chi connectivity index (χ1) is 14.7. The molecule has 0 aliphatic heterocycles. The number of carbonyl (C=O) groups excluding carboxylic acids is 2. The molecule has 0 spiro atoms. The summed E-state index contributed by atoms with van der Waals surface area (Å²) in [4.78, 5) is 22.4. The Morgan fingerprint density at radius 1 is 0.935 bits per heavy atom. The molecule has 1 N–H and O–H groups in total. The fraction of sp³-hybridized carbons (Fsp3) is 0.462. The Morgan fingerprint density at radius 3 is 2.06 bits per heavy atom. The van der Waals surface area contributed by atoms with E-state index in [0.717, 1.165) is 24.3 Å². The largest absolute Gasteiger partial charge is 0.507 e. The average Bonchev–Trinajstić information content (AvgIpc) is 2.73. The van der Waals surface area contributed by atoms with E-state index in [2.05, 4.69) is 20.8 Å². The second-order valence-corrected chi connectivity index (χ2v) is 9.03. The summed E-state index contributed by atoms with van der Waals surface area (Å²) >= 11 is 0. The molecule has 2 aromatic carbocycles. The molecule has 0 unspecified atom stereocenters. The van der Waals surface area contributed by atoms with Crippen LogP contribution in [0.2, 0.25) is 0 Å². The van der Waals surface area contributed by atoms with Gasteiger partial charge in [-0.25, -0.2) is 4.79 Å². The van der Waals surface area contributed by atoms with Gasteiger partial charge in [0.15, 0.2) is 0 Å². The van der Waals surface area contributed by atoms with E-state index in [1.807, 2.05) is 30.3 Å². The molecule has 1 fully saturated rings. The monoisotopic (exact) mass is 426 g/mol. The van der Waals surface area contributed by atoms with Gasteiger partial charge in [-0.15, -0.1) is 0 Å². The van der Waals surface area contributed by atoms with Crippen molar-refractivity contribution in [3.63, 3.8) is 0 Å². The fourth-order valence-corrected chi connectivity index (χ4v) is 3.73. The van der Waals surface area contributed by atoms with E-state index in [9.17, 15) is 14.7 Å². The van der Waals surface area contributed by atoms with Gasteiger partial charge in [-0.3, -0.25) is 4.79 Å². The third-order valence-corrected chi connectivity index (χ3v) is 5.57. The lowest BCUT2D eigenvalue weighted by Gasteiger charge is -2.36. The van der Waals surface area contributed by atoms with Crippen LogP contribution >= 0.6 is 0 Å². The van der Waals surface area contributed by atoms with Crippen LogP contribution in [0.5, 0.6) is 5.75 Å². The number of phenols is 1. The second-order valence-electron chi connectivity index (χ2n) is 9.03. The summed E-state index contributed by atoms with van der Waals surface area (Å²) < 4.78 is 10.3. The number of benzene rings is 2. The quantitative estimate of drug-likeness (QED) is 0.616. The zero-order valence-corrected chi connectivity index (χ0v) is 19.0. The summed E-state index contributed by atoms with van der Waals surface area (Å²) in [5.74, 6) is 0.0658. The lowest BCUT2D eigenvalue weighted by Crippen LogP contribution is -2.29. The van der Waals surface area contributed by atoms with Gasteiger partial charge in [0.1, 0.15) is 24.0 Å². The van der Waals surface area contributed by atoms with Crippen LogP contribution in [0.15, 0.2) is 54.6 Å². The number of aromatic hydroxyl groups is 1. The summed E-state index contributed by atoms with van der Waals surface area (Å²) in [5, 5.41) is 9.48. The molecular weight excluding hydrogens is 392 g/mol. The number of para-hydroxylation sites is 1. The van der Waals surface area contributed by atoms with Crippen LogP contribution in [-0.2, 0) is 20.9 Å². The molecule has 168 valence electrons. The van der Waals surface area contributed by atoms with E-state index < -0.39 is 5.97 Å². The van der Waals surface area contributed by atoms with E-state index >= 15 is 0 Å². The molecule has 0 saturated heterocycles. The van der Waals surface area contributed by atoms with E-state index in [1.54, 1.807) is 12.1 Å². The molecule has 5 nitrogen and oxygen atoms in total. The predicted octanol–water partition coefficient (Wildman–Crippen LogP) is 5.90. The highest BCUT2D eigenvalue weighted by atomic mass is 16.5. The number of phenolic OH excluding ortho intramolecular Hbond substituents is 1. The SMILES string of the molecule is CC(=O)OC1CCC(C(C)(C)C)CC1.O=C(OCc1ccccc1)c1ccccc1O. The third-order valence-electron chi connectivity index (χ3n) is 5.57. The number of carbonyl (C=O) groups is 2. The summed E-state index contributed by atoms with van der Waals surface area (Å²) in [6.45, 7) is 8.58. The molecule has 1 aliphatic rings. The first-order valence-electron chi connectivity index (χ1n) is 10.8. The number of ether oxygens (including phenoxy) is 2. The molecule has 0 radical (unpaired) electrons. The summed E-state index contributed by atoms with van der Waals surface area (Å²) in [7, 11) is 0. The molecular formula is C26H34O5. The fourth-order valence-electron chi connectivity index (χ4n) is 3.73. The first-order valence-corrected chi connectivity index (χ1v) is 10.8. The van der Waals surface area contributed by atoms with Gasteiger partial charge in [0.25, 0.3) is 0 Å². The van der Waals surface area contributed by atoms with Crippen molar-refractivity contribution in [3.8, 4) is 5.75 Å².